The average Bonchev–Trinajstić information content (AvgIpc) is 2.78. The van der Waals surface area contributed by atoms with Crippen molar-refractivity contribution in [1.82, 2.24) is 9.29 Å². The molecule has 0 spiro atoms. The molecule has 0 aliphatic carbocycles. The van der Waals surface area contributed by atoms with Crippen molar-refractivity contribution < 1.29 is 8.42 Å². The molecule has 2 aromatic rings. The molecule has 2 heterocycles. The molecule has 1 aliphatic heterocycles. The van der Waals surface area contributed by atoms with E-state index in [-0.39, 0.29) is 9.08 Å². The SMILES string of the molecule is Cc1[nH]c(=O)sc1S(=O)(=O)N1CCc2ccccc2C1. The molecule has 0 saturated heterocycles. The number of hydrogen-bond donors (Lipinski definition) is 1. The molecule has 3 rings (SSSR count). The number of nitrogens with one attached hydrogen (secondary N) is 1. The molecule has 5 nitrogen and oxygen atoms in total. The number of aryl methyl sites for hydroxylation is 1. The summed E-state index contributed by atoms with van der Waals surface area (Å²) in [6.07, 6.45) is 0.702. The van der Waals surface area contributed by atoms with Gasteiger partial charge in [0, 0.05) is 18.8 Å². The Balaban J connectivity index is 1.98. The molecule has 0 radical (unpaired) electrons. The van der Waals surface area contributed by atoms with E-state index in [4.69, 9.17) is 0 Å². The average molecular weight is 310 g/mol. The second kappa shape index (κ2) is 4.83. The number of aromatic amines is 1. The lowest BCUT2D eigenvalue weighted by Crippen LogP contribution is -2.35. The van der Waals surface area contributed by atoms with E-state index in [1.165, 1.54) is 9.87 Å². The standard InChI is InChI=1S/C13H14N2O3S2/c1-9-12(19-13(16)14-9)20(17,18)15-7-6-10-4-2-3-5-11(10)8-15/h2-5H,6-8H2,1H3,(H,14,16). The van der Waals surface area contributed by atoms with Crippen molar-refractivity contribution in [2.45, 2.75) is 24.1 Å². The molecule has 1 aromatic carbocycles. The van der Waals surface area contributed by atoms with Gasteiger partial charge in [-0.2, -0.15) is 4.31 Å². The van der Waals surface area contributed by atoms with Gasteiger partial charge in [0.05, 0.1) is 0 Å². The van der Waals surface area contributed by atoms with E-state index in [0.29, 0.717) is 25.2 Å². The van der Waals surface area contributed by atoms with Gasteiger partial charge in [-0.05, 0) is 24.5 Å². The smallest absolute Gasteiger partial charge is 0.305 e. The Morgan fingerprint density at radius 3 is 2.60 bits per heavy atom. The van der Waals surface area contributed by atoms with E-state index < -0.39 is 10.0 Å². The number of nitrogens with zero attached hydrogens (tertiary/aromatic N) is 1. The molecule has 1 aliphatic rings. The van der Waals surface area contributed by atoms with Crippen LogP contribution in [-0.4, -0.2) is 24.3 Å². The van der Waals surface area contributed by atoms with Crippen LogP contribution in [0.5, 0.6) is 0 Å². The van der Waals surface area contributed by atoms with E-state index in [1.807, 2.05) is 24.3 Å². The predicted molar refractivity (Wildman–Crippen MR) is 77.4 cm³/mol. The third-order valence-corrected chi connectivity index (χ3v) is 6.88. The molecule has 1 aromatic heterocycles. The second-order valence-electron chi connectivity index (χ2n) is 4.78. The summed E-state index contributed by atoms with van der Waals surface area (Å²) >= 11 is 0.756. The normalized spacial score (nSPS) is 16.1. The number of thiazole rings is 1. The van der Waals surface area contributed by atoms with Crippen LogP contribution in [0.2, 0.25) is 0 Å². The lowest BCUT2D eigenvalue weighted by atomic mass is 10.0. The van der Waals surface area contributed by atoms with Crippen molar-refractivity contribution in [2.24, 2.45) is 0 Å². The topological polar surface area (TPSA) is 70.2 Å². The number of hydrogen-bond acceptors (Lipinski definition) is 4. The van der Waals surface area contributed by atoms with Crippen molar-refractivity contribution in [3.63, 3.8) is 0 Å². The van der Waals surface area contributed by atoms with Crippen LogP contribution in [0.25, 0.3) is 0 Å². The highest BCUT2D eigenvalue weighted by Gasteiger charge is 2.31. The molecular weight excluding hydrogens is 296 g/mol. The summed E-state index contributed by atoms with van der Waals surface area (Å²) in [5.41, 5.74) is 2.64. The summed E-state index contributed by atoms with van der Waals surface area (Å²) in [7, 11) is -3.59. The molecule has 0 fully saturated rings. The van der Waals surface area contributed by atoms with Gasteiger partial charge in [0.2, 0.25) is 0 Å². The van der Waals surface area contributed by atoms with Gasteiger partial charge in [0.1, 0.15) is 0 Å². The summed E-state index contributed by atoms with van der Waals surface area (Å²) < 4.78 is 26.8. The Labute approximate surface area is 120 Å². The van der Waals surface area contributed by atoms with Crippen LogP contribution < -0.4 is 4.87 Å². The van der Waals surface area contributed by atoms with Gasteiger partial charge in [-0.3, -0.25) is 4.79 Å². The third kappa shape index (κ3) is 2.21. The van der Waals surface area contributed by atoms with E-state index in [0.717, 1.165) is 16.9 Å². The molecular formula is C13H14N2O3S2. The molecule has 1 N–H and O–H groups in total. The maximum absolute atomic E-state index is 12.6. The largest absolute Gasteiger partial charge is 0.315 e. The number of sulfonamides is 1. The van der Waals surface area contributed by atoms with Crippen molar-refractivity contribution in [3.8, 4) is 0 Å². The molecule has 106 valence electrons. The lowest BCUT2D eigenvalue weighted by Gasteiger charge is -2.27. The molecule has 0 atom stereocenters. The Bertz CT molecular complexity index is 805. The number of aromatic nitrogens is 1. The number of H-pyrrole nitrogens is 1. The number of fused-ring (bicyclic) bond motifs is 1. The van der Waals surface area contributed by atoms with Crippen LogP contribution in [0.3, 0.4) is 0 Å². The molecule has 7 heteroatoms. The van der Waals surface area contributed by atoms with Crippen LogP contribution in [0.1, 0.15) is 16.8 Å². The zero-order chi connectivity index (χ0) is 14.3. The van der Waals surface area contributed by atoms with Gasteiger partial charge < -0.3 is 4.98 Å². The maximum atomic E-state index is 12.6. The van der Waals surface area contributed by atoms with Gasteiger partial charge in [0.15, 0.2) is 4.21 Å². The number of rotatable bonds is 2. The van der Waals surface area contributed by atoms with Crippen LogP contribution in [0, 0.1) is 6.92 Å². The predicted octanol–water partition coefficient (Wildman–Crippen LogP) is 1.49. The van der Waals surface area contributed by atoms with Gasteiger partial charge in [-0.1, -0.05) is 35.6 Å². The second-order valence-corrected chi connectivity index (χ2v) is 7.90. The Morgan fingerprint density at radius 1 is 1.25 bits per heavy atom. The summed E-state index contributed by atoms with van der Waals surface area (Å²) in [6, 6.07) is 7.85. The van der Waals surface area contributed by atoms with Gasteiger partial charge >= 0.3 is 4.87 Å². The van der Waals surface area contributed by atoms with E-state index >= 15 is 0 Å². The molecule has 0 unspecified atom stereocenters. The van der Waals surface area contributed by atoms with Crippen molar-refractivity contribution >= 4 is 21.4 Å². The lowest BCUT2D eigenvalue weighted by molar-refractivity contribution is 0.392. The first kappa shape index (κ1) is 13.5. The van der Waals surface area contributed by atoms with Crippen LogP contribution in [0.4, 0.5) is 0 Å². The van der Waals surface area contributed by atoms with Gasteiger partial charge in [-0.25, -0.2) is 8.42 Å². The molecule has 0 saturated carbocycles. The summed E-state index contributed by atoms with van der Waals surface area (Å²) in [5.74, 6) is 0. The minimum absolute atomic E-state index is 0.127. The Hall–Kier alpha value is -1.44. The highest BCUT2D eigenvalue weighted by Crippen LogP contribution is 2.27. The minimum Gasteiger partial charge on any atom is -0.315 e. The summed E-state index contributed by atoms with van der Waals surface area (Å²) in [6.45, 7) is 2.43. The maximum Gasteiger partial charge on any atom is 0.305 e. The molecule has 0 amide bonds. The first-order valence-electron chi connectivity index (χ1n) is 6.25. The fourth-order valence-corrected chi connectivity index (χ4v) is 5.28. The first-order chi connectivity index (χ1) is 9.48. The summed E-state index contributed by atoms with van der Waals surface area (Å²) in [5, 5.41) is 0. The Kier molecular flexibility index (Phi) is 3.27. The molecule has 0 bridgehead atoms. The highest BCUT2D eigenvalue weighted by molar-refractivity contribution is 7.91. The van der Waals surface area contributed by atoms with E-state index in [2.05, 4.69) is 4.98 Å². The monoisotopic (exact) mass is 310 g/mol. The fraction of sp³-hybridized carbons (Fsp3) is 0.308. The fourth-order valence-electron chi connectivity index (χ4n) is 2.43. The third-order valence-electron chi connectivity index (χ3n) is 3.45. The quantitative estimate of drug-likeness (QED) is 0.913. The Morgan fingerprint density at radius 2 is 1.95 bits per heavy atom. The zero-order valence-corrected chi connectivity index (χ0v) is 12.6. The first-order valence-corrected chi connectivity index (χ1v) is 8.51. The summed E-state index contributed by atoms with van der Waals surface area (Å²) in [4.78, 5) is 13.5. The van der Waals surface area contributed by atoms with Crippen LogP contribution in [0.15, 0.2) is 33.3 Å². The van der Waals surface area contributed by atoms with Gasteiger partial charge in [-0.15, -0.1) is 0 Å². The van der Waals surface area contributed by atoms with Crippen LogP contribution >= 0.6 is 11.3 Å². The zero-order valence-electron chi connectivity index (χ0n) is 10.9. The van der Waals surface area contributed by atoms with E-state index in [9.17, 15) is 13.2 Å². The van der Waals surface area contributed by atoms with E-state index in [1.54, 1.807) is 6.92 Å². The van der Waals surface area contributed by atoms with Crippen molar-refractivity contribution in [1.29, 1.82) is 0 Å². The van der Waals surface area contributed by atoms with Crippen molar-refractivity contribution in [2.75, 3.05) is 6.54 Å². The van der Waals surface area contributed by atoms with Gasteiger partial charge in [0.25, 0.3) is 10.0 Å². The molecule has 20 heavy (non-hydrogen) atoms. The van der Waals surface area contributed by atoms with Crippen LogP contribution in [-0.2, 0) is 23.0 Å². The van der Waals surface area contributed by atoms with Crippen molar-refractivity contribution in [3.05, 3.63) is 50.8 Å². The highest BCUT2D eigenvalue weighted by atomic mass is 32.2. The number of benzene rings is 1. The minimum atomic E-state index is -3.59.